The molecule has 0 bridgehead atoms. The molecule has 0 aliphatic rings. The summed E-state index contributed by atoms with van der Waals surface area (Å²) < 4.78 is 0. The van der Waals surface area contributed by atoms with Gasteiger partial charge in [0.15, 0.2) is 0 Å². The van der Waals surface area contributed by atoms with Crippen molar-refractivity contribution in [3.8, 4) is 0 Å². The maximum atomic E-state index is 11.4. The number of thiol groups is 1. The van der Waals surface area contributed by atoms with Crippen LogP contribution in [0.2, 0.25) is 5.02 Å². The van der Waals surface area contributed by atoms with E-state index in [1.165, 1.54) is 0 Å². The Kier molecular flexibility index (Phi) is 4.48. The van der Waals surface area contributed by atoms with Crippen LogP contribution in [0.5, 0.6) is 0 Å². The van der Waals surface area contributed by atoms with E-state index in [-0.39, 0.29) is 17.2 Å². The van der Waals surface area contributed by atoms with Crippen LogP contribution >= 0.6 is 24.2 Å². The van der Waals surface area contributed by atoms with Crippen LogP contribution in [-0.2, 0) is 4.79 Å². The van der Waals surface area contributed by atoms with E-state index >= 15 is 0 Å². The molecule has 0 saturated heterocycles. The van der Waals surface area contributed by atoms with Gasteiger partial charge in [0.1, 0.15) is 0 Å². The Morgan fingerprint density at radius 2 is 2.13 bits per heavy atom. The lowest BCUT2D eigenvalue weighted by atomic mass is 10.1. The van der Waals surface area contributed by atoms with E-state index in [9.17, 15) is 4.79 Å². The van der Waals surface area contributed by atoms with Crippen molar-refractivity contribution < 1.29 is 4.79 Å². The molecule has 82 valence electrons. The predicted octanol–water partition coefficient (Wildman–Crippen LogP) is 2.84. The Morgan fingerprint density at radius 1 is 1.47 bits per heavy atom. The molecule has 2 atom stereocenters. The average molecular weight is 244 g/mol. The summed E-state index contributed by atoms with van der Waals surface area (Å²) in [6.07, 6.45) is 0. The van der Waals surface area contributed by atoms with Crippen molar-refractivity contribution in [3.63, 3.8) is 0 Å². The lowest BCUT2D eigenvalue weighted by Gasteiger charge is -2.15. The zero-order chi connectivity index (χ0) is 11.4. The monoisotopic (exact) mass is 243 g/mol. The van der Waals surface area contributed by atoms with Gasteiger partial charge in [0, 0.05) is 5.02 Å². The molecule has 0 radical (unpaired) electrons. The van der Waals surface area contributed by atoms with Gasteiger partial charge in [-0.3, -0.25) is 4.79 Å². The highest BCUT2D eigenvalue weighted by molar-refractivity contribution is 7.81. The number of halogens is 1. The van der Waals surface area contributed by atoms with Crippen molar-refractivity contribution in [1.82, 2.24) is 5.32 Å². The number of amides is 1. The number of hydrogen-bond acceptors (Lipinski definition) is 2. The minimum atomic E-state index is -0.299. The average Bonchev–Trinajstić information content (AvgIpc) is 2.17. The Labute approximate surface area is 100 Å². The summed E-state index contributed by atoms with van der Waals surface area (Å²) in [6, 6.07) is 7.40. The van der Waals surface area contributed by atoms with E-state index in [4.69, 9.17) is 11.6 Å². The zero-order valence-corrected chi connectivity index (χ0v) is 10.3. The summed E-state index contributed by atoms with van der Waals surface area (Å²) in [4.78, 5) is 11.4. The molecule has 2 unspecified atom stereocenters. The minimum Gasteiger partial charge on any atom is -0.349 e. The summed E-state index contributed by atoms with van der Waals surface area (Å²) in [6.45, 7) is 3.66. The van der Waals surface area contributed by atoms with Gasteiger partial charge < -0.3 is 5.32 Å². The maximum Gasteiger partial charge on any atom is 0.233 e. The van der Waals surface area contributed by atoms with Crippen molar-refractivity contribution in [2.45, 2.75) is 25.1 Å². The number of carbonyl (C=O) groups is 1. The first kappa shape index (κ1) is 12.4. The van der Waals surface area contributed by atoms with Crippen molar-refractivity contribution >= 4 is 30.1 Å². The van der Waals surface area contributed by atoms with Gasteiger partial charge in [-0.25, -0.2) is 0 Å². The summed E-state index contributed by atoms with van der Waals surface area (Å²) in [5.41, 5.74) is 0.991. The van der Waals surface area contributed by atoms with Crippen molar-refractivity contribution in [2.24, 2.45) is 0 Å². The molecular weight excluding hydrogens is 230 g/mol. The van der Waals surface area contributed by atoms with Gasteiger partial charge >= 0.3 is 0 Å². The lowest BCUT2D eigenvalue weighted by molar-refractivity contribution is -0.120. The molecule has 0 aromatic heterocycles. The van der Waals surface area contributed by atoms with Crippen LogP contribution in [-0.4, -0.2) is 11.2 Å². The van der Waals surface area contributed by atoms with E-state index in [0.29, 0.717) is 5.02 Å². The minimum absolute atomic E-state index is 0.0502. The first-order chi connectivity index (χ1) is 7.00. The van der Waals surface area contributed by atoms with Gasteiger partial charge in [-0.2, -0.15) is 12.6 Å². The molecule has 0 spiro atoms. The highest BCUT2D eigenvalue weighted by Crippen LogP contribution is 2.17. The number of carbonyl (C=O) groups excluding carboxylic acids is 1. The number of nitrogens with one attached hydrogen (secondary N) is 1. The molecule has 0 aliphatic carbocycles. The van der Waals surface area contributed by atoms with Crippen LogP contribution in [0.3, 0.4) is 0 Å². The second-order valence-corrected chi connectivity index (χ2v) is 4.67. The number of rotatable bonds is 3. The molecule has 1 N–H and O–H groups in total. The number of hydrogen-bond donors (Lipinski definition) is 2. The summed E-state index contributed by atoms with van der Waals surface area (Å²) in [5, 5.41) is 3.22. The van der Waals surface area contributed by atoms with Crippen LogP contribution in [0.15, 0.2) is 24.3 Å². The van der Waals surface area contributed by atoms with E-state index in [1.807, 2.05) is 25.1 Å². The fraction of sp³-hybridized carbons (Fsp3) is 0.364. The third-order valence-corrected chi connectivity index (χ3v) is 2.56. The second kappa shape index (κ2) is 5.42. The molecule has 1 amide bonds. The predicted molar refractivity (Wildman–Crippen MR) is 66.5 cm³/mol. The van der Waals surface area contributed by atoms with Gasteiger partial charge in [-0.05, 0) is 31.5 Å². The van der Waals surface area contributed by atoms with Gasteiger partial charge in [0.05, 0.1) is 11.3 Å². The largest absolute Gasteiger partial charge is 0.349 e. The van der Waals surface area contributed by atoms with Gasteiger partial charge in [0.25, 0.3) is 0 Å². The molecule has 0 heterocycles. The molecule has 1 aromatic carbocycles. The lowest BCUT2D eigenvalue weighted by Crippen LogP contribution is -2.31. The Morgan fingerprint density at radius 3 is 2.67 bits per heavy atom. The molecule has 0 saturated carbocycles. The van der Waals surface area contributed by atoms with E-state index in [0.717, 1.165) is 5.56 Å². The summed E-state index contributed by atoms with van der Waals surface area (Å²) in [5.74, 6) is -0.0780. The topological polar surface area (TPSA) is 29.1 Å². The fourth-order valence-electron chi connectivity index (χ4n) is 1.19. The highest BCUT2D eigenvalue weighted by Gasteiger charge is 2.12. The van der Waals surface area contributed by atoms with Crippen molar-refractivity contribution in [1.29, 1.82) is 0 Å². The highest BCUT2D eigenvalue weighted by atomic mass is 35.5. The Balaban J connectivity index is 2.69. The van der Waals surface area contributed by atoms with Crippen LogP contribution in [0, 0.1) is 0 Å². The maximum absolute atomic E-state index is 11.4. The van der Waals surface area contributed by atoms with Crippen LogP contribution in [0.4, 0.5) is 0 Å². The number of benzene rings is 1. The Bertz CT molecular complexity index is 354. The van der Waals surface area contributed by atoms with E-state index in [1.54, 1.807) is 13.0 Å². The first-order valence-corrected chi connectivity index (χ1v) is 5.64. The molecule has 2 nitrogen and oxygen atoms in total. The van der Waals surface area contributed by atoms with E-state index in [2.05, 4.69) is 17.9 Å². The molecule has 4 heteroatoms. The van der Waals surface area contributed by atoms with Crippen LogP contribution < -0.4 is 5.32 Å². The van der Waals surface area contributed by atoms with Crippen molar-refractivity contribution in [2.75, 3.05) is 0 Å². The Hall–Kier alpha value is -0.670. The SMILES string of the molecule is CC(S)C(=O)NC(C)c1cccc(Cl)c1. The van der Waals surface area contributed by atoms with Gasteiger partial charge in [-0.1, -0.05) is 23.7 Å². The quantitative estimate of drug-likeness (QED) is 0.786. The fourth-order valence-corrected chi connectivity index (χ4v) is 1.47. The standard InChI is InChI=1S/C11H14ClNOS/c1-7(13-11(14)8(2)15)9-4-3-5-10(12)6-9/h3-8,15H,1-2H3,(H,13,14). The zero-order valence-electron chi connectivity index (χ0n) is 8.70. The molecule has 1 rings (SSSR count). The molecule has 1 aromatic rings. The normalized spacial score (nSPS) is 14.4. The smallest absolute Gasteiger partial charge is 0.233 e. The molecular formula is C11H14ClNOS. The third kappa shape index (κ3) is 3.76. The third-order valence-electron chi connectivity index (χ3n) is 2.09. The molecule has 0 fully saturated rings. The molecule has 0 aliphatic heterocycles. The molecule has 15 heavy (non-hydrogen) atoms. The second-order valence-electron chi connectivity index (χ2n) is 3.46. The van der Waals surface area contributed by atoms with Crippen molar-refractivity contribution in [3.05, 3.63) is 34.9 Å². The van der Waals surface area contributed by atoms with Gasteiger partial charge in [0.2, 0.25) is 5.91 Å². The van der Waals surface area contributed by atoms with Gasteiger partial charge in [-0.15, -0.1) is 0 Å². The van der Waals surface area contributed by atoms with Crippen LogP contribution in [0.25, 0.3) is 0 Å². The summed E-state index contributed by atoms with van der Waals surface area (Å²) in [7, 11) is 0. The first-order valence-electron chi connectivity index (χ1n) is 4.74. The summed E-state index contributed by atoms with van der Waals surface area (Å²) >= 11 is 9.92. The van der Waals surface area contributed by atoms with E-state index < -0.39 is 0 Å². The van der Waals surface area contributed by atoms with Crippen LogP contribution in [0.1, 0.15) is 25.5 Å².